The largest absolute Gasteiger partial charge is 0.445 e. The van der Waals surface area contributed by atoms with Gasteiger partial charge in [0.2, 0.25) is 12.7 Å². The number of hydrogen-bond acceptors (Lipinski definition) is 8. The summed E-state index contributed by atoms with van der Waals surface area (Å²) in [6, 6.07) is 4.00. The first-order valence-electron chi connectivity index (χ1n) is 9.26. The molecule has 0 aliphatic carbocycles. The van der Waals surface area contributed by atoms with E-state index in [0.717, 1.165) is 24.2 Å². The zero-order valence-electron chi connectivity index (χ0n) is 16.8. The molecule has 2 aromatic rings. The lowest BCUT2D eigenvalue weighted by Crippen LogP contribution is -2.47. The lowest BCUT2D eigenvalue weighted by Gasteiger charge is -2.38. The summed E-state index contributed by atoms with van der Waals surface area (Å²) in [6.07, 6.45) is 0.590. The second-order valence-corrected chi connectivity index (χ2v) is 8.28. The molecule has 2 N–H and O–H groups in total. The lowest BCUT2D eigenvalue weighted by molar-refractivity contribution is 0.0987. The van der Waals surface area contributed by atoms with Crippen molar-refractivity contribution in [1.82, 2.24) is 9.97 Å². The molecule has 0 radical (unpaired) electrons. The van der Waals surface area contributed by atoms with Crippen LogP contribution in [0.2, 0.25) is 0 Å². The van der Waals surface area contributed by atoms with Gasteiger partial charge in [0, 0.05) is 19.1 Å². The first-order valence-corrected chi connectivity index (χ1v) is 10.1. The Hall–Kier alpha value is -2.66. The molecule has 0 amide bonds. The van der Waals surface area contributed by atoms with Crippen LogP contribution in [0.1, 0.15) is 28.5 Å². The number of ketones is 1. The normalized spacial score (nSPS) is 23.3. The Morgan fingerprint density at radius 2 is 2.10 bits per heavy atom. The molecule has 0 saturated heterocycles. The van der Waals surface area contributed by atoms with Gasteiger partial charge in [0.25, 0.3) is 0 Å². The van der Waals surface area contributed by atoms with E-state index in [1.165, 1.54) is 32.2 Å². The molecule has 0 fully saturated rings. The Morgan fingerprint density at radius 3 is 2.74 bits per heavy atom. The van der Waals surface area contributed by atoms with Crippen LogP contribution in [-0.2, 0) is 16.7 Å². The lowest BCUT2D eigenvalue weighted by atomic mass is 9.84. The maximum Gasteiger partial charge on any atom is 0.234 e. The Bertz CT molecular complexity index is 977. The number of benzene rings is 1. The van der Waals surface area contributed by atoms with E-state index in [0.29, 0.717) is 5.56 Å². The van der Waals surface area contributed by atoms with Gasteiger partial charge >= 0.3 is 0 Å². The van der Waals surface area contributed by atoms with Crippen molar-refractivity contribution in [3.63, 3.8) is 0 Å². The van der Waals surface area contributed by atoms with Crippen LogP contribution in [0.15, 0.2) is 35.6 Å². The average molecular weight is 454 g/mol. The van der Waals surface area contributed by atoms with E-state index in [1.54, 1.807) is 0 Å². The van der Waals surface area contributed by atoms with Crippen LogP contribution in [0.4, 0.5) is 13.2 Å². The molecule has 0 unspecified atom stereocenters. The molecule has 166 valence electrons. The van der Waals surface area contributed by atoms with E-state index < -0.39 is 35.4 Å². The highest BCUT2D eigenvalue weighted by atomic mass is 32.2. The average Bonchev–Trinajstić information content (AvgIpc) is 2.74. The minimum absolute atomic E-state index is 0.00701. The number of nitrogens with two attached hydrogens (primary N) is 1. The van der Waals surface area contributed by atoms with Crippen LogP contribution >= 0.6 is 11.8 Å². The van der Waals surface area contributed by atoms with Gasteiger partial charge < -0.3 is 15.2 Å². The molecule has 11 heteroatoms. The number of ether oxygens (including phenoxy) is 2. The van der Waals surface area contributed by atoms with Crippen LogP contribution in [0, 0.1) is 5.82 Å². The summed E-state index contributed by atoms with van der Waals surface area (Å²) in [5.74, 6) is -1.12. The van der Waals surface area contributed by atoms with Crippen LogP contribution < -0.4 is 10.5 Å². The topological polar surface area (TPSA) is 99.7 Å². The number of amidine groups is 1. The van der Waals surface area contributed by atoms with E-state index in [9.17, 15) is 13.6 Å². The number of methoxy groups -OCH3 is 1. The second-order valence-electron chi connectivity index (χ2n) is 7.02. The van der Waals surface area contributed by atoms with Crippen molar-refractivity contribution in [2.75, 3.05) is 20.6 Å². The van der Waals surface area contributed by atoms with Gasteiger partial charge in [0.15, 0.2) is 11.0 Å². The molecular formula is C20H21F3N4O3S. The third kappa shape index (κ3) is 4.99. The summed E-state index contributed by atoms with van der Waals surface area (Å²) in [7, 11) is 1.44. The monoisotopic (exact) mass is 454 g/mol. The Balaban J connectivity index is 1.87. The van der Waals surface area contributed by atoms with Gasteiger partial charge in [-0.25, -0.2) is 28.1 Å². The maximum absolute atomic E-state index is 15.3. The van der Waals surface area contributed by atoms with Gasteiger partial charge in [-0.15, -0.1) is 0 Å². The maximum atomic E-state index is 15.3. The number of aromatic nitrogens is 2. The molecule has 0 spiro atoms. The number of carbonyl (C=O) groups excluding carboxylic acids is 1. The smallest absolute Gasteiger partial charge is 0.234 e. The summed E-state index contributed by atoms with van der Waals surface area (Å²) in [5.41, 5.74) is 4.76. The van der Waals surface area contributed by atoms with Crippen molar-refractivity contribution >= 4 is 22.7 Å². The molecular weight excluding hydrogens is 433 g/mol. The van der Waals surface area contributed by atoms with Gasteiger partial charge in [-0.3, -0.25) is 4.79 Å². The molecule has 2 heterocycles. The first kappa shape index (κ1) is 23.0. The van der Waals surface area contributed by atoms with Crippen LogP contribution in [0.3, 0.4) is 0 Å². The fourth-order valence-electron chi connectivity index (χ4n) is 3.32. The molecule has 1 aromatic heterocycles. The number of carbonyl (C=O) groups is 1. The zero-order valence-corrected chi connectivity index (χ0v) is 17.7. The summed E-state index contributed by atoms with van der Waals surface area (Å²) in [5, 5.41) is -0.525. The van der Waals surface area contributed by atoms with Crippen LogP contribution in [-0.4, -0.2) is 52.9 Å². The number of rotatable bonds is 8. The number of hydrogen-bond donors (Lipinski definition) is 1. The van der Waals surface area contributed by atoms with Crippen molar-refractivity contribution in [3.8, 4) is 5.88 Å². The van der Waals surface area contributed by atoms with Crippen molar-refractivity contribution < 1.29 is 27.4 Å². The fourth-order valence-corrected chi connectivity index (χ4v) is 4.46. The van der Waals surface area contributed by atoms with Crippen LogP contribution in [0.5, 0.6) is 5.88 Å². The Kier molecular flexibility index (Phi) is 7.16. The first-order chi connectivity index (χ1) is 14.8. The molecule has 0 bridgehead atoms. The molecule has 3 rings (SSSR count). The minimum Gasteiger partial charge on any atom is -0.445 e. The number of nitrogens with zero attached hydrogens (tertiary/aromatic N) is 3. The fraction of sp³-hybridized carbons (Fsp3) is 0.400. The summed E-state index contributed by atoms with van der Waals surface area (Å²) in [4.78, 5) is 24.4. The van der Waals surface area contributed by atoms with Crippen molar-refractivity contribution in [3.05, 3.63) is 53.2 Å². The van der Waals surface area contributed by atoms with Gasteiger partial charge in [0.1, 0.15) is 23.2 Å². The third-order valence-corrected chi connectivity index (χ3v) is 5.88. The zero-order chi connectivity index (χ0) is 22.6. The van der Waals surface area contributed by atoms with E-state index in [4.69, 9.17) is 10.5 Å². The Labute approximate surface area is 181 Å². The summed E-state index contributed by atoms with van der Waals surface area (Å²) in [6.45, 7) is 0.482. The van der Waals surface area contributed by atoms with E-state index >= 15 is 4.39 Å². The molecule has 31 heavy (non-hydrogen) atoms. The molecule has 1 aliphatic heterocycles. The molecule has 1 aromatic carbocycles. The molecule has 1 aliphatic rings. The van der Waals surface area contributed by atoms with Gasteiger partial charge in [-0.1, -0.05) is 17.8 Å². The van der Waals surface area contributed by atoms with Gasteiger partial charge in [-0.05, 0) is 24.6 Å². The number of aliphatic imine (C=N–C) groups is 1. The molecule has 0 saturated carbocycles. The summed E-state index contributed by atoms with van der Waals surface area (Å²) >= 11 is 1.04. The van der Waals surface area contributed by atoms with Crippen LogP contribution in [0.25, 0.3) is 0 Å². The standard InChI is InChI=1S/C20H21F3N4O3S/c1-20(18(23)16(9-29-2)31-19(24)27-20)12-5-11(3-4-13(12)22)6-15(28)14-7-26-17(8-25-14)30-10-21/h3-5,7-8,16,18H,6,9-10H2,1-2H3,(H2,24,27)/t16-,18+,20-/m1/s1. The van der Waals surface area contributed by atoms with Gasteiger partial charge in [-0.2, -0.15) is 0 Å². The van der Waals surface area contributed by atoms with E-state index in [2.05, 4.69) is 19.7 Å². The highest BCUT2D eigenvalue weighted by Crippen LogP contribution is 2.42. The quantitative estimate of drug-likeness (QED) is 0.612. The number of thioether (sulfide) groups is 1. The Morgan fingerprint density at radius 1 is 1.32 bits per heavy atom. The number of halogens is 3. The van der Waals surface area contributed by atoms with Gasteiger partial charge in [0.05, 0.1) is 24.3 Å². The molecule has 3 atom stereocenters. The van der Waals surface area contributed by atoms with E-state index in [-0.39, 0.29) is 35.3 Å². The van der Waals surface area contributed by atoms with Crippen molar-refractivity contribution in [1.29, 1.82) is 0 Å². The SMILES string of the molecule is COC[C@H]1SC(N)=N[C@](C)(c2cc(CC(=O)c3cnc(OCF)cn3)ccc2F)[C@H]1F. The highest BCUT2D eigenvalue weighted by Gasteiger charge is 2.47. The predicted octanol–water partition coefficient (Wildman–Crippen LogP) is 2.98. The molecule has 7 nitrogen and oxygen atoms in total. The number of alkyl halides is 2. The van der Waals surface area contributed by atoms with Crippen molar-refractivity contribution in [2.45, 2.75) is 30.3 Å². The van der Waals surface area contributed by atoms with Crippen molar-refractivity contribution in [2.24, 2.45) is 10.7 Å². The number of Topliss-reactive ketones (excluding diaryl/α,β-unsaturated/α-hetero) is 1. The second kappa shape index (κ2) is 9.65. The highest BCUT2D eigenvalue weighted by molar-refractivity contribution is 8.14. The van der Waals surface area contributed by atoms with E-state index in [1.807, 2.05) is 0 Å². The predicted molar refractivity (Wildman–Crippen MR) is 110 cm³/mol. The minimum atomic E-state index is -1.58. The third-order valence-electron chi connectivity index (χ3n) is 4.87. The summed E-state index contributed by atoms with van der Waals surface area (Å²) < 4.78 is 51.8.